The third-order valence-corrected chi connectivity index (χ3v) is 2.33. The lowest BCUT2D eigenvalue weighted by molar-refractivity contribution is 0.0929. The Hall–Kier alpha value is -2.02. The van der Waals surface area contributed by atoms with Crippen molar-refractivity contribution < 1.29 is 4.79 Å². The van der Waals surface area contributed by atoms with Gasteiger partial charge in [0.15, 0.2) is 0 Å². The summed E-state index contributed by atoms with van der Waals surface area (Å²) in [5, 5.41) is 11.5. The van der Waals surface area contributed by atoms with Gasteiger partial charge in [0, 0.05) is 25.3 Å². The van der Waals surface area contributed by atoms with Crippen LogP contribution in [0, 0.1) is 11.3 Å². The number of hydrogen-bond acceptors (Lipinski definition) is 3. The maximum atomic E-state index is 11.9. The van der Waals surface area contributed by atoms with Gasteiger partial charge in [0.05, 0.1) is 6.07 Å². The number of amides is 1. The first-order valence-electron chi connectivity index (χ1n) is 5.37. The molecule has 0 saturated carbocycles. The molecule has 90 valence electrons. The molecule has 0 saturated heterocycles. The van der Waals surface area contributed by atoms with Gasteiger partial charge >= 0.3 is 0 Å². The van der Waals surface area contributed by atoms with E-state index in [1.165, 1.54) is 0 Å². The summed E-state index contributed by atoms with van der Waals surface area (Å²) < 4.78 is 0. The minimum atomic E-state index is -0.856. The number of nitriles is 1. The molecule has 4 heteroatoms. The van der Waals surface area contributed by atoms with Crippen molar-refractivity contribution in [2.45, 2.75) is 19.4 Å². The zero-order valence-corrected chi connectivity index (χ0v) is 10.6. The summed E-state index contributed by atoms with van der Waals surface area (Å²) in [5.41, 5.74) is 0.650. The van der Waals surface area contributed by atoms with Gasteiger partial charge in [-0.2, -0.15) is 5.26 Å². The van der Waals surface area contributed by atoms with E-state index in [4.69, 9.17) is 5.26 Å². The molecule has 0 aliphatic rings. The average molecular weight is 231 g/mol. The Balaban J connectivity index is 2.91. The highest BCUT2D eigenvalue weighted by Crippen LogP contribution is 2.14. The van der Waals surface area contributed by atoms with Gasteiger partial charge < -0.3 is 10.2 Å². The topological polar surface area (TPSA) is 56.1 Å². The summed E-state index contributed by atoms with van der Waals surface area (Å²) in [6, 6.07) is 9.31. The molecule has 0 fully saturated rings. The fourth-order valence-corrected chi connectivity index (χ4v) is 1.31. The Morgan fingerprint density at radius 3 is 2.59 bits per heavy atom. The first kappa shape index (κ1) is 13.0. The third-order valence-electron chi connectivity index (χ3n) is 2.33. The first-order valence-corrected chi connectivity index (χ1v) is 5.37. The summed E-state index contributed by atoms with van der Waals surface area (Å²) in [6.45, 7) is 3.33. The molecule has 4 nitrogen and oxygen atoms in total. The van der Waals surface area contributed by atoms with Gasteiger partial charge in [-0.1, -0.05) is 6.07 Å². The van der Waals surface area contributed by atoms with E-state index in [1.54, 1.807) is 26.0 Å². The molecule has 0 aromatic heterocycles. The summed E-state index contributed by atoms with van der Waals surface area (Å²) in [7, 11) is 3.83. The third kappa shape index (κ3) is 3.49. The number of nitrogens with zero attached hydrogens (tertiary/aromatic N) is 2. The fraction of sp³-hybridized carbons (Fsp3) is 0.385. The van der Waals surface area contributed by atoms with E-state index in [0.717, 1.165) is 5.69 Å². The normalized spacial score (nSPS) is 10.5. The van der Waals surface area contributed by atoms with Gasteiger partial charge in [0.1, 0.15) is 5.54 Å². The van der Waals surface area contributed by atoms with E-state index in [1.807, 2.05) is 37.2 Å². The Labute approximate surface area is 102 Å². The average Bonchev–Trinajstić information content (AvgIpc) is 2.28. The predicted molar refractivity (Wildman–Crippen MR) is 67.9 cm³/mol. The molecule has 1 rings (SSSR count). The Bertz CT molecular complexity index is 458. The van der Waals surface area contributed by atoms with Crippen LogP contribution in [-0.2, 0) is 0 Å². The Kier molecular flexibility index (Phi) is 3.74. The SMILES string of the molecule is CN(C)c1cccc(C(=O)NC(C)(C)C#N)c1. The molecule has 0 unspecified atom stereocenters. The standard InChI is InChI=1S/C13H17N3O/c1-13(2,9-14)15-12(17)10-6-5-7-11(8-10)16(3)4/h5-8H,1-4H3,(H,15,17). The molecule has 0 aliphatic heterocycles. The van der Waals surface area contributed by atoms with Crippen molar-refractivity contribution >= 4 is 11.6 Å². The number of rotatable bonds is 3. The molecule has 1 aromatic rings. The number of nitrogens with one attached hydrogen (secondary N) is 1. The van der Waals surface area contributed by atoms with Crippen molar-refractivity contribution in [3.63, 3.8) is 0 Å². The molecular weight excluding hydrogens is 214 g/mol. The van der Waals surface area contributed by atoms with Crippen LogP contribution in [0.15, 0.2) is 24.3 Å². The molecule has 0 heterocycles. The summed E-state index contributed by atoms with van der Waals surface area (Å²) in [4.78, 5) is 13.8. The number of carbonyl (C=O) groups is 1. The predicted octanol–water partition coefficient (Wildman–Crippen LogP) is 1.78. The number of hydrogen-bond donors (Lipinski definition) is 1. The molecule has 0 atom stereocenters. The zero-order valence-electron chi connectivity index (χ0n) is 10.6. The minimum Gasteiger partial charge on any atom is -0.378 e. The van der Waals surface area contributed by atoms with Crippen LogP contribution >= 0.6 is 0 Å². The molecule has 0 radical (unpaired) electrons. The lowest BCUT2D eigenvalue weighted by atomic mass is 10.1. The molecule has 0 aliphatic carbocycles. The van der Waals surface area contributed by atoms with Gasteiger partial charge in [-0.15, -0.1) is 0 Å². The van der Waals surface area contributed by atoms with Crippen LogP contribution in [0.25, 0.3) is 0 Å². The van der Waals surface area contributed by atoms with Gasteiger partial charge in [0.25, 0.3) is 5.91 Å². The fourth-order valence-electron chi connectivity index (χ4n) is 1.31. The van der Waals surface area contributed by atoms with Crippen molar-refractivity contribution in [1.29, 1.82) is 5.26 Å². The molecule has 1 amide bonds. The number of anilines is 1. The monoisotopic (exact) mass is 231 g/mol. The van der Waals surface area contributed by atoms with Crippen LogP contribution in [0.1, 0.15) is 24.2 Å². The molecule has 1 N–H and O–H groups in total. The zero-order chi connectivity index (χ0) is 13.1. The first-order chi connectivity index (χ1) is 7.85. The van der Waals surface area contributed by atoms with Crippen LogP contribution in [0.4, 0.5) is 5.69 Å². The lowest BCUT2D eigenvalue weighted by Crippen LogP contribution is -2.42. The van der Waals surface area contributed by atoms with Gasteiger partial charge in [0.2, 0.25) is 0 Å². The quantitative estimate of drug-likeness (QED) is 0.862. The lowest BCUT2D eigenvalue weighted by Gasteiger charge is -2.18. The van der Waals surface area contributed by atoms with Crippen LogP contribution < -0.4 is 10.2 Å². The van der Waals surface area contributed by atoms with Crippen LogP contribution in [0.2, 0.25) is 0 Å². The van der Waals surface area contributed by atoms with E-state index in [9.17, 15) is 4.79 Å². The summed E-state index contributed by atoms with van der Waals surface area (Å²) in [5.74, 6) is -0.236. The van der Waals surface area contributed by atoms with E-state index in [0.29, 0.717) is 5.56 Å². The second kappa shape index (κ2) is 4.88. The largest absolute Gasteiger partial charge is 0.378 e. The smallest absolute Gasteiger partial charge is 0.252 e. The van der Waals surface area contributed by atoms with Crippen molar-refractivity contribution in [3.05, 3.63) is 29.8 Å². The Morgan fingerprint density at radius 1 is 1.41 bits per heavy atom. The maximum absolute atomic E-state index is 11.9. The number of carbonyl (C=O) groups excluding carboxylic acids is 1. The Morgan fingerprint density at radius 2 is 2.06 bits per heavy atom. The van der Waals surface area contributed by atoms with E-state index in [2.05, 4.69) is 5.32 Å². The molecule has 1 aromatic carbocycles. The van der Waals surface area contributed by atoms with Crippen LogP contribution in [0.5, 0.6) is 0 Å². The second-order valence-electron chi connectivity index (χ2n) is 4.64. The maximum Gasteiger partial charge on any atom is 0.252 e. The highest BCUT2D eigenvalue weighted by molar-refractivity contribution is 5.95. The van der Waals surface area contributed by atoms with Crippen molar-refractivity contribution in [2.24, 2.45) is 0 Å². The summed E-state index contributed by atoms with van der Waals surface area (Å²) in [6.07, 6.45) is 0. The van der Waals surface area contributed by atoms with Gasteiger partial charge in [-0.25, -0.2) is 0 Å². The minimum absolute atomic E-state index is 0.236. The molecule has 17 heavy (non-hydrogen) atoms. The van der Waals surface area contributed by atoms with Crippen LogP contribution in [0.3, 0.4) is 0 Å². The second-order valence-corrected chi connectivity index (χ2v) is 4.64. The molecule has 0 bridgehead atoms. The van der Waals surface area contributed by atoms with E-state index < -0.39 is 5.54 Å². The summed E-state index contributed by atoms with van der Waals surface area (Å²) >= 11 is 0. The highest BCUT2D eigenvalue weighted by atomic mass is 16.1. The number of benzene rings is 1. The van der Waals surface area contributed by atoms with E-state index in [-0.39, 0.29) is 5.91 Å². The van der Waals surface area contributed by atoms with Gasteiger partial charge in [-0.3, -0.25) is 4.79 Å². The van der Waals surface area contributed by atoms with Gasteiger partial charge in [-0.05, 0) is 32.0 Å². The van der Waals surface area contributed by atoms with Crippen LogP contribution in [-0.4, -0.2) is 25.5 Å². The van der Waals surface area contributed by atoms with Crippen molar-refractivity contribution in [3.8, 4) is 6.07 Å². The van der Waals surface area contributed by atoms with Crippen molar-refractivity contribution in [2.75, 3.05) is 19.0 Å². The highest BCUT2D eigenvalue weighted by Gasteiger charge is 2.20. The van der Waals surface area contributed by atoms with E-state index >= 15 is 0 Å². The molecule has 0 spiro atoms. The molecular formula is C13H17N3O. The van der Waals surface area contributed by atoms with Crippen molar-refractivity contribution in [1.82, 2.24) is 5.32 Å².